The third kappa shape index (κ3) is 4.83. The van der Waals surface area contributed by atoms with Gasteiger partial charge in [0.15, 0.2) is 0 Å². The number of hydrogen-bond acceptors (Lipinski definition) is 7. The van der Waals surface area contributed by atoms with Gasteiger partial charge in [-0.1, -0.05) is 35.5 Å². The fourth-order valence-corrected chi connectivity index (χ4v) is 4.33. The second-order valence-corrected chi connectivity index (χ2v) is 8.77. The smallest absolute Gasteiger partial charge is 0.276 e. The van der Waals surface area contributed by atoms with Gasteiger partial charge in [-0.05, 0) is 37.6 Å². The highest BCUT2D eigenvalue weighted by Crippen LogP contribution is 2.31. The van der Waals surface area contributed by atoms with Gasteiger partial charge in [0.05, 0.1) is 37.6 Å². The summed E-state index contributed by atoms with van der Waals surface area (Å²) in [5.41, 5.74) is 9.65. The van der Waals surface area contributed by atoms with Gasteiger partial charge in [0, 0.05) is 12.1 Å². The molecule has 5 rings (SSSR count). The van der Waals surface area contributed by atoms with E-state index in [1.54, 1.807) is 32.1 Å². The molecule has 2 amide bonds. The topological polar surface area (TPSA) is 148 Å². The van der Waals surface area contributed by atoms with E-state index in [-0.39, 0.29) is 24.0 Å². The monoisotopic (exact) mass is 513 g/mol. The van der Waals surface area contributed by atoms with Crippen molar-refractivity contribution in [2.45, 2.75) is 33.5 Å². The molecule has 0 aliphatic heterocycles. The van der Waals surface area contributed by atoms with Gasteiger partial charge in [0.1, 0.15) is 22.7 Å². The second kappa shape index (κ2) is 10.2. The van der Waals surface area contributed by atoms with E-state index in [4.69, 9.17) is 10.5 Å². The molecule has 0 unspecified atom stereocenters. The lowest BCUT2D eigenvalue weighted by Crippen LogP contribution is -2.20. The average Bonchev–Trinajstić information content (AvgIpc) is 3.61. The molecule has 3 N–H and O–H groups in total. The van der Waals surface area contributed by atoms with Crippen LogP contribution in [0.4, 0.5) is 5.95 Å². The lowest BCUT2D eigenvalue weighted by molar-refractivity contribution is 0.0995. The molecular formula is C26H27N9O3. The molecule has 0 aliphatic carbocycles. The first-order valence-electron chi connectivity index (χ1n) is 12.0. The van der Waals surface area contributed by atoms with E-state index in [9.17, 15) is 9.59 Å². The summed E-state index contributed by atoms with van der Waals surface area (Å²) < 4.78 is 10.7. The summed E-state index contributed by atoms with van der Waals surface area (Å²) >= 11 is 0. The largest absolute Gasteiger partial charge is 0.494 e. The minimum absolute atomic E-state index is 0.235. The van der Waals surface area contributed by atoms with E-state index < -0.39 is 5.91 Å². The highest BCUT2D eigenvalue weighted by molar-refractivity contribution is 6.04. The van der Waals surface area contributed by atoms with Crippen molar-refractivity contribution in [1.82, 2.24) is 34.3 Å². The van der Waals surface area contributed by atoms with Crippen LogP contribution in [0.25, 0.3) is 11.0 Å². The lowest BCUT2D eigenvalue weighted by atomic mass is 10.1. The minimum Gasteiger partial charge on any atom is -0.494 e. The van der Waals surface area contributed by atoms with Crippen molar-refractivity contribution in [3.8, 4) is 5.75 Å². The Labute approximate surface area is 218 Å². The summed E-state index contributed by atoms with van der Waals surface area (Å²) in [4.78, 5) is 29.8. The predicted octanol–water partition coefficient (Wildman–Crippen LogP) is 2.61. The molecule has 5 aromatic rings. The SMILES string of the molecule is CCn1nc(C)cc1C(=O)Nc1nc2cc(C(N)=O)cc(OC)c2n1Cc1cn(Cc2ccccc2)nn1. The summed E-state index contributed by atoms with van der Waals surface area (Å²) in [5.74, 6) is -0.346. The minimum atomic E-state index is -0.614. The normalized spacial score (nSPS) is 11.1. The number of benzene rings is 2. The first-order chi connectivity index (χ1) is 18.4. The molecule has 12 nitrogen and oxygen atoms in total. The third-order valence-electron chi connectivity index (χ3n) is 6.06. The van der Waals surface area contributed by atoms with E-state index in [0.717, 1.165) is 11.3 Å². The number of nitrogens with zero attached hydrogens (tertiary/aromatic N) is 7. The molecule has 0 bridgehead atoms. The quantitative estimate of drug-likeness (QED) is 0.308. The molecular weight excluding hydrogens is 486 g/mol. The number of nitrogens with two attached hydrogens (primary N) is 1. The van der Waals surface area contributed by atoms with Gasteiger partial charge in [-0.25, -0.2) is 9.67 Å². The van der Waals surface area contributed by atoms with Gasteiger partial charge < -0.3 is 15.0 Å². The van der Waals surface area contributed by atoms with Crippen molar-refractivity contribution in [3.05, 3.63) is 82.9 Å². The molecule has 0 saturated carbocycles. The van der Waals surface area contributed by atoms with Crippen LogP contribution in [0.5, 0.6) is 5.75 Å². The van der Waals surface area contributed by atoms with Crippen LogP contribution in [0, 0.1) is 6.92 Å². The fraction of sp³-hybridized carbons (Fsp3) is 0.231. The number of hydrogen-bond donors (Lipinski definition) is 2. The standard InChI is InChI=1S/C26H27N9O3/c1-4-35-21(10-16(2)31-35)25(37)29-26-28-20-11-18(24(27)36)12-22(38-3)23(20)34(26)15-19-14-33(32-30-19)13-17-8-6-5-7-9-17/h5-12,14H,4,13,15H2,1-3H3,(H2,27,36)(H,28,29,37). The maximum atomic E-state index is 13.3. The number of nitrogens with one attached hydrogen (secondary N) is 1. The molecule has 0 radical (unpaired) electrons. The molecule has 0 fully saturated rings. The van der Waals surface area contributed by atoms with Crippen molar-refractivity contribution >= 4 is 28.8 Å². The van der Waals surface area contributed by atoms with Crippen molar-refractivity contribution in [2.24, 2.45) is 5.73 Å². The zero-order chi connectivity index (χ0) is 26.8. The van der Waals surface area contributed by atoms with Gasteiger partial charge in [0.2, 0.25) is 11.9 Å². The van der Waals surface area contributed by atoms with Crippen molar-refractivity contribution < 1.29 is 14.3 Å². The fourth-order valence-electron chi connectivity index (χ4n) is 4.33. The van der Waals surface area contributed by atoms with Crippen molar-refractivity contribution in [1.29, 1.82) is 0 Å². The molecule has 2 aromatic carbocycles. The van der Waals surface area contributed by atoms with Crippen LogP contribution in [-0.2, 0) is 19.6 Å². The molecule has 3 heterocycles. The highest BCUT2D eigenvalue weighted by atomic mass is 16.5. The Kier molecular flexibility index (Phi) is 6.60. The van der Waals surface area contributed by atoms with Gasteiger partial charge in [-0.2, -0.15) is 5.10 Å². The Morgan fingerprint density at radius 1 is 1.11 bits per heavy atom. The van der Waals surface area contributed by atoms with Crippen molar-refractivity contribution in [2.75, 3.05) is 12.4 Å². The Morgan fingerprint density at radius 2 is 1.89 bits per heavy atom. The van der Waals surface area contributed by atoms with Gasteiger partial charge in [-0.15, -0.1) is 5.10 Å². The maximum absolute atomic E-state index is 13.3. The Hall–Kier alpha value is -5.00. The van der Waals surface area contributed by atoms with Gasteiger partial charge >= 0.3 is 0 Å². The molecule has 0 saturated heterocycles. The molecule has 0 atom stereocenters. The number of fused-ring (bicyclic) bond motifs is 1. The lowest BCUT2D eigenvalue weighted by Gasteiger charge is -2.11. The van der Waals surface area contributed by atoms with E-state index in [2.05, 4.69) is 25.7 Å². The van der Waals surface area contributed by atoms with Crippen LogP contribution in [0.2, 0.25) is 0 Å². The summed E-state index contributed by atoms with van der Waals surface area (Å²) in [7, 11) is 1.49. The van der Waals surface area contributed by atoms with Crippen LogP contribution in [0.15, 0.2) is 54.7 Å². The zero-order valence-electron chi connectivity index (χ0n) is 21.3. The van der Waals surface area contributed by atoms with Crippen LogP contribution in [0.1, 0.15) is 44.7 Å². The Balaban J connectivity index is 1.55. The summed E-state index contributed by atoms with van der Waals surface area (Å²) in [6, 6.07) is 14.8. The average molecular weight is 514 g/mol. The maximum Gasteiger partial charge on any atom is 0.276 e. The number of anilines is 1. The van der Waals surface area contributed by atoms with Crippen LogP contribution in [0.3, 0.4) is 0 Å². The number of carbonyl (C=O) groups is 2. The molecule has 0 aliphatic rings. The first kappa shape index (κ1) is 24.7. The number of aryl methyl sites for hydroxylation is 2. The second-order valence-electron chi connectivity index (χ2n) is 8.77. The Bertz CT molecular complexity index is 1630. The number of amides is 2. The number of carbonyl (C=O) groups excluding carboxylic acids is 2. The van der Waals surface area contributed by atoms with E-state index in [0.29, 0.717) is 41.3 Å². The van der Waals surface area contributed by atoms with Crippen LogP contribution in [-0.4, -0.2) is 53.2 Å². The third-order valence-corrected chi connectivity index (χ3v) is 6.06. The van der Waals surface area contributed by atoms with Gasteiger partial charge in [-0.3, -0.25) is 19.6 Å². The highest BCUT2D eigenvalue weighted by Gasteiger charge is 2.22. The van der Waals surface area contributed by atoms with Crippen LogP contribution >= 0.6 is 0 Å². The van der Waals surface area contributed by atoms with Crippen molar-refractivity contribution in [3.63, 3.8) is 0 Å². The molecule has 194 valence electrons. The number of aromatic nitrogens is 7. The zero-order valence-corrected chi connectivity index (χ0v) is 21.3. The van der Waals surface area contributed by atoms with E-state index >= 15 is 0 Å². The number of methoxy groups -OCH3 is 1. The van der Waals surface area contributed by atoms with Crippen LogP contribution < -0.4 is 15.8 Å². The number of primary amides is 1. The van der Waals surface area contributed by atoms with Gasteiger partial charge in [0.25, 0.3) is 5.91 Å². The summed E-state index contributed by atoms with van der Waals surface area (Å²) in [6.07, 6.45) is 1.84. The molecule has 0 spiro atoms. The molecule has 3 aromatic heterocycles. The van der Waals surface area contributed by atoms with E-state index in [1.165, 1.54) is 7.11 Å². The molecule has 38 heavy (non-hydrogen) atoms. The summed E-state index contributed by atoms with van der Waals surface area (Å²) in [6.45, 7) is 5.07. The summed E-state index contributed by atoms with van der Waals surface area (Å²) in [5, 5.41) is 15.8. The number of rotatable bonds is 9. The molecule has 12 heteroatoms. The van der Waals surface area contributed by atoms with E-state index in [1.807, 2.05) is 50.4 Å². The first-order valence-corrected chi connectivity index (χ1v) is 12.0. The number of ether oxygens (including phenoxy) is 1. The number of imidazole rings is 1. The predicted molar refractivity (Wildman–Crippen MR) is 140 cm³/mol. The Morgan fingerprint density at radius 3 is 2.61 bits per heavy atom.